The number of nitrogens with zero attached hydrogens (tertiary/aromatic N) is 2. The van der Waals surface area contributed by atoms with Gasteiger partial charge in [0.15, 0.2) is 6.61 Å². The summed E-state index contributed by atoms with van der Waals surface area (Å²) < 4.78 is 24.9. The van der Waals surface area contributed by atoms with Gasteiger partial charge in [-0.05, 0) is 36.2 Å². The molecule has 1 amide bonds. The van der Waals surface area contributed by atoms with E-state index in [0.717, 1.165) is 16.5 Å². The Bertz CT molecular complexity index is 1100. The molecular formula is C25H27FN2O5. The maximum Gasteiger partial charge on any atom is 0.341 e. The molecule has 0 bridgehead atoms. The highest BCUT2D eigenvalue weighted by atomic mass is 19.1. The number of carbonyl (C=O) groups is 2. The molecule has 33 heavy (non-hydrogen) atoms. The lowest BCUT2D eigenvalue weighted by molar-refractivity contribution is -0.139. The monoisotopic (exact) mass is 454 g/mol. The Balaban J connectivity index is 1.54. The summed E-state index contributed by atoms with van der Waals surface area (Å²) in [5.41, 5.74) is 1.52. The predicted octanol–water partition coefficient (Wildman–Crippen LogP) is 3.68. The normalized spacial score (nSPS) is 17.2. The topological polar surface area (TPSA) is 83.2 Å². The van der Waals surface area contributed by atoms with Crippen molar-refractivity contribution in [1.29, 1.82) is 0 Å². The number of carboxylic acid groups (broad SMARTS) is 1. The third-order valence-electron chi connectivity index (χ3n) is 5.91. The van der Waals surface area contributed by atoms with Gasteiger partial charge in [0.05, 0.1) is 12.5 Å². The summed E-state index contributed by atoms with van der Waals surface area (Å²) in [5, 5.41) is 9.83. The zero-order valence-electron chi connectivity index (χ0n) is 18.4. The van der Waals surface area contributed by atoms with Gasteiger partial charge in [-0.3, -0.25) is 9.69 Å². The Kier molecular flexibility index (Phi) is 6.93. The van der Waals surface area contributed by atoms with Crippen LogP contribution in [0.4, 0.5) is 4.39 Å². The first-order valence-electron chi connectivity index (χ1n) is 10.9. The van der Waals surface area contributed by atoms with Crippen molar-refractivity contribution in [1.82, 2.24) is 9.80 Å². The fourth-order valence-corrected chi connectivity index (χ4v) is 4.18. The number of halogens is 1. The largest absolute Gasteiger partial charge is 0.482 e. The molecule has 1 aliphatic rings. The number of likely N-dealkylation sites (tertiary alicyclic amines) is 1. The van der Waals surface area contributed by atoms with E-state index in [1.165, 1.54) is 0 Å². The fourth-order valence-electron chi connectivity index (χ4n) is 4.18. The number of hydrogen-bond acceptors (Lipinski definition) is 5. The summed E-state index contributed by atoms with van der Waals surface area (Å²) in [6.45, 7) is 0.964. The Morgan fingerprint density at radius 1 is 1.24 bits per heavy atom. The summed E-state index contributed by atoms with van der Waals surface area (Å²) in [4.78, 5) is 27.7. The SMILES string of the molecule is CN(C(=O)Cc1cc2ccccc2o1)[C@H](CN1CC[C@H](F)C1)c1cccc(OCC(=O)O)c1. The second kappa shape index (κ2) is 10.0. The maximum atomic E-state index is 13.8. The van der Waals surface area contributed by atoms with Gasteiger partial charge in [0.1, 0.15) is 23.3 Å². The number of para-hydroxylation sites is 1. The van der Waals surface area contributed by atoms with Gasteiger partial charge in [-0.25, -0.2) is 9.18 Å². The maximum absolute atomic E-state index is 13.8. The second-order valence-corrected chi connectivity index (χ2v) is 8.35. The van der Waals surface area contributed by atoms with Gasteiger partial charge in [-0.2, -0.15) is 0 Å². The van der Waals surface area contributed by atoms with Crippen LogP contribution in [0.3, 0.4) is 0 Å². The number of fused-ring (bicyclic) bond motifs is 1. The van der Waals surface area contributed by atoms with Crippen molar-refractivity contribution in [3.05, 3.63) is 65.9 Å². The molecule has 2 atom stereocenters. The smallest absolute Gasteiger partial charge is 0.341 e. The van der Waals surface area contributed by atoms with Crippen molar-refractivity contribution in [2.24, 2.45) is 0 Å². The Morgan fingerprint density at radius 2 is 2.06 bits per heavy atom. The Labute approximate surface area is 191 Å². The highest BCUT2D eigenvalue weighted by Gasteiger charge is 2.29. The van der Waals surface area contributed by atoms with E-state index in [4.69, 9.17) is 14.3 Å². The van der Waals surface area contributed by atoms with E-state index in [1.54, 1.807) is 30.1 Å². The number of hydrogen-bond donors (Lipinski definition) is 1. The molecule has 1 saturated heterocycles. The third-order valence-corrected chi connectivity index (χ3v) is 5.91. The van der Waals surface area contributed by atoms with Crippen LogP contribution in [0.5, 0.6) is 5.75 Å². The van der Waals surface area contributed by atoms with Crippen LogP contribution in [0.1, 0.15) is 23.8 Å². The van der Waals surface area contributed by atoms with E-state index in [9.17, 15) is 14.0 Å². The third kappa shape index (κ3) is 5.70. The molecule has 4 rings (SSSR count). The standard InChI is InChI=1S/C25H27FN2O5/c1-27(24(29)13-21-12-18-5-2-3-8-23(18)33-21)22(15-28-10-9-19(26)14-28)17-6-4-7-20(11-17)32-16-25(30)31/h2-8,11-12,19,22H,9-10,13-16H2,1H3,(H,30,31)/t19-,22+/m0/s1. The summed E-state index contributed by atoms with van der Waals surface area (Å²) in [6, 6.07) is 16.1. The number of aliphatic carboxylic acids is 1. The minimum atomic E-state index is -1.07. The first kappa shape index (κ1) is 22.8. The molecule has 7 nitrogen and oxygen atoms in total. The van der Waals surface area contributed by atoms with E-state index >= 15 is 0 Å². The molecule has 2 aromatic carbocycles. The van der Waals surface area contributed by atoms with Crippen molar-refractivity contribution in [3.63, 3.8) is 0 Å². The van der Waals surface area contributed by atoms with Gasteiger partial charge < -0.3 is 19.2 Å². The lowest BCUT2D eigenvalue weighted by atomic mass is 10.0. The van der Waals surface area contributed by atoms with E-state index in [-0.39, 0.29) is 18.4 Å². The number of carboxylic acids is 1. The lowest BCUT2D eigenvalue weighted by Crippen LogP contribution is -2.39. The number of rotatable bonds is 9. The molecule has 0 aliphatic carbocycles. The highest BCUT2D eigenvalue weighted by molar-refractivity contribution is 5.82. The van der Waals surface area contributed by atoms with Crippen molar-refractivity contribution in [2.75, 3.05) is 33.3 Å². The average molecular weight is 454 g/mol. The zero-order chi connectivity index (χ0) is 23.4. The number of alkyl halides is 1. The van der Waals surface area contributed by atoms with Gasteiger partial charge in [-0.15, -0.1) is 0 Å². The minimum absolute atomic E-state index is 0.0998. The van der Waals surface area contributed by atoms with E-state index in [0.29, 0.717) is 37.6 Å². The van der Waals surface area contributed by atoms with Gasteiger partial charge in [0.25, 0.3) is 0 Å². The van der Waals surface area contributed by atoms with Crippen molar-refractivity contribution in [2.45, 2.75) is 25.1 Å². The van der Waals surface area contributed by atoms with Crippen LogP contribution in [0.15, 0.2) is 59.0 Å². The first-order chi connectivity index (χ1) is 15.9. The van der Waals surface area contributed by atoms with Crippen molar-refractivity contribution < 1.29 is 28.2 Å². The summed E-state index contributed by atoms with van der Waals surface area (Å²) in [5.74, 6) is -0.216. The Morgan fingerprint density at radius 3 is 2.79 bits per heavy atom. The molecule has 3 aromatic rings. The molecule has 1 aliphatic heterocycles. The van der Waals surface area contributed by atoms with Crippen LogP contribution >= 0.6 is 0 Å². The van der Waals surface area contributed by atoms with Gasteiger partial charge in [-0.1, -0.05) is 30.3 Å². The van der Waals surface area contributed by atoms with Crippen molar-refractivity contribution >= 4 is 22.8 Å². The molecule has 174 valence electrons. The van der Waals surface area contributed by atoms with E-state index in [2.05, 4.69) is 0 Å². The number of ether oxygens (including phenoxy) is 1. The molecule has 1 aromatic heterocycles. The molecule has 8 heteroatoms. The summed E-state index contributed by atoms with van der Waals surface area (Å²) in [6.07, 6.45) is -0.291. The first-order valence-corrected chi connectivity index (χ1v) is 10.9. The van der Waals surface area contributed by atoms with Crippen LogP contribution in [0.2, 0.25) is 0 Å². The molecule has 1 N–H and O–H groups in total. The molecule has 2 heterocycles. The average Bonchev–Trinajstić information content (AvgIpc) is 3.40. The summed E-state index contributed by atoms with van der Waals surface area (Å²) >= 11 is 0. The quantitative estimate of drug-likeness (QED) is 0.531. The van der Waals surface area contributed by atoms with Crippen LogP contribution in [-0.2, 0) is 16.0 Å². The number of furan rings is 1. The van der Waals surface area contributed by atoms with Gasteiger partial charge >= 0.3 is 5.97 Å². The lowest BCUT2D eigenvalue weighted by Gasteiger charge is -2.32. The van der Waals surface area contributed by atoms with Crippen molar-refractivity contribution in [3.8, 4) is 5.75 Å². The highest BCUT2D eigenvalue weighted by Crippen LogP contribution is 2.28. The van der Waals surface area contributed by atoms with Crippen LogP contribution in [0.25, 0.3) is 11.0 Å². The molecule has 0 saturated carbocycles. The number of amides is 1. The predicted molar refractivity (Wildman–Crippen MR) is 121 cm³/mol. The Hall–Kier alpha value is -3.39. The second-order valence-electron chi connectivity index (χ2n) is 8.35. The van der Waals surface area contributed by atoms with Crippen LogP contribution in [0, 0.1) is 0 Å². The van der Waals surface area contributed by atoms with E-state index in [1.807, 2.05) is 41.3 Å². The van der Waals surface area contributed by atoms with Gasteiger partial charge in [0, 0.05) is 32.1 Å². The number of carbonyl (C=O) groups excluding carboxylic acids is 1. The minimum Gasteiger partial charge on any atom is -0.482 e. The molecule has 0 spiro atoms. The van der Waals surface area contributed by atoms with Crippen LogP contribution < -0.4 is 4.74 Å². The fraction of sp³-hybridized carbons (Fsp3) is 0.360. The molecule has 0 radical (unpaired) electrons. The molecule has 1 fully saturated rings. The molecule has 0 unspecified atom stereocenters. The number of benzene rings is 2. The zero-order valence-corrected chi connectivity index (χ0v) is 18.4. The van der Waals surface area contributed by atoms with Crippen LogP contribution in [-0.4, -0.2) is 66.2 Å². The van der Waals surface area contributed by atoms with E-state index < -0.39 is 18.7 Å². The number of likely N-dealkylation sites (N-methyl/N-ethyl adjacent to an activating group) is 1. The molecular weight excluding hydrogens is 427 g/mol. The summed E-state index contributed by atoms with van der Waals surface area (Å²) in [7, 11) is 1.73. The van der Waals surface area contributed by atoms with Gasteiger partial charge in [0.2, 0.25) is 5.91 Å².